The Hall–Kier alpha value is -1.46. The van der Waals surface area contributed by atoms with Crippen LogP contribution in [0.1, 0.15) is 87.5 Å². The van der Waals surface area contributed by atoms with Crippen molar-refractivity contribution < 1.29 is 49.3 Å². The van der Waals surface area contributed by atoms with Gasteiger partial charge in [0.05, 0.1) is 29.8 Å². The Labute approximate surface area is 293 Å². The van der Waals surface area contributed by atoms with E-state index in [0.29, 0.717) is 39.0 Å². The minimum Gasteiger partial charge on any atom is -0.459 e. The molecule has 14 heteroatoms. The Morgan fingerprint density at radius 3 is 2.29 bits per heavy atom. The van der Waals surface area contributed by atoms with Gasteiger partial charge in [0.1, 0.15) is 23.9 Å². The number of hydrogen-bond donors (Lipinski definition) is 7. The van der Waals surface area contributed by atoms with Crippen LogP contribution in [0.5, 0.6) is 0 Å². The highest BCUT2D eigenvalue weighted by Gasteiger charge is 2.50. The lowest BCUT2D eigenvalue weighted by atomic mass is 9.78. The number of likely N-dealkylation sites (N-methyl/N-ethyl adjacent to an activating group) is 1. The van der Waals surface area contributed by atoms with E-state index in [9.17, 15) is 35.1 Å². The van der Waals surface area contributed by atoms with E-state index in [0.717, 1.165) is 0 Å². The number of nitrogens with two attached hydrogens (primary N) is 1. The van der Waals surface area contributed by atoms with Crippen LogP contribution < -0.4 is 11.1 Å². The van der Waals surface area contributed by atoms with E-state index in [1.807, 2.05) is 44.7 Å². The van der Waals surface area contributed by atoms with E-state index in [-0.39, 0.29) is 43.2 Å². The number of nitrogens with zero attached hydrogens (tertiary/aromatic N) is 2. The van der Waals surface area contributed by atoms with E-state index in [4.69, 9.17) is 19.9 Å². The number of amides is 1. The van der Waals surface area contributed by atoms with Crippen LogP contribution >= 0.6 is 0 Å². The Morgan fingerprint density at radius 1 is 1.08 bits per heavy atom. The highest BCUT2D eigenvalue weighted by molar-refractivity contribution is 5.74. The van der Waals surface area contributed by atoms with Crippen molar-refractivity contribution in [2.45, 2.75) is 154 Å². The van der Waals surface area contributed by atoms with Gasteiger partial charge in [-0.25, -0.2) is 0 Å². The number of ether oxygens (including phenoxy) is 3. The van der Waals surface area contributed by atoms with Gasteiger partial charge in [-0.05, 0) is 93.4 Å². The second-order valence-corrected chi connectivity index (χ2v) is 15.5. The van der Waals surface area contributed by atoms with E-state index >= 15 is 0 Å². The maximum Gasteiger partial charge on any atom is 0.311 e. The van der Waals surface area contributed by atoms with Crippen molar-refractivity contribution in [1.29, 1.82) is 0 Å². The molecule has 0 aromatic heterocycles. The van der Waals surface area contributed by atoms with E-state index < -0.39 is 71.9 Å². The van der Waals surface area contributed by atoms with Crippen LogP contribution in [0, 0.1) is 17.8 Å². The number of rotatable bonds is 11. The maximum atomic E-state index is 13.5. The van der Waals surface area contributed by atoms with Crippen LogP contribution in [0.3, 0.4) is 0 Å². The van der Waals surface area contributed by atoms with Crippen molar-refractivity contribution >= 4 is 11.9 Å². The zero-order valence-corrected chi connectivity index (χ0v) is 31.5. The van der Waals surface area contributed by atoms with Crippen LogP contribution in [0.2, 0.25) is 0 Å². The molecule has 14 atom stereocenters. The summed E-state index contributed by atoms with van der Waals surface area (Å²) >= 11 is 0. The molecule has 2 aliphatic rings. The summed E-state index contributed by atoms with van der Waals surface area (Å²) in [5.74, 6) is -3.24. The van der Waals surface area contributed by atoms with Gasteiger partial charge >= 0.3 is 5.97 Å². The summed E-state index contributed by atoms with van der Waals surface area (Å²) < 4.78 is 18.3. The molecule has 2 saturated heterocycles. The highest BCUT2D eigenvalue weighted by Crippen LogP contribution is 2.36. The normalized spacial score (nSPS) is 42.3. The molecule has 2 aliphatic heterocycles. The molecule has 1 amide bonds. The zero-order chi connectivity index (χ0) is 37.4. The van der Waals surface area contributed by atoms with Crippen LogP contribution in [0.4, 0.5) is 0 Å². The monoisotopic (exact) mass is 704 g/mol. The van der Waals surface area contributed by atoms with E-state index in [1.54, 1.807) is 20.8 Å². The predicted molar refractivity (Wildman–Crippen MR) is 185 cm³/mol. The second-order valence-electron chi connectivity index (χ2n) is 15.5. The summed E-state index contributed by atoms with van der Waals surface area (Å²) in [5, 5.41) is 61.6. The van der Waals surface area contributed by atoms with Gasteiger partial charge in [0.15, 0.2) is 6.29 Å². The molecular weight excluding hydrogens is 636 g/mol. The minimum atomic E-state index is -1.83. The first-order valence-corrected chi connectivity index (χ1v) is 18.0. The summed E-state index contributed by atoms with van der Waals surface area (Å²) in [5.41, 5.74) is 1.85. The summed E-state index contributed by atoms with van der Waals surface area (Å²) in [7, 11) is 3.73. The van der Waals surface area contributed by atoms with Crippen molar-refractivity contribution in [1.82, 2.24) is 15.1 Å². The molecule has 0 aromatic rings. The summed E-state index contributed by atoms with van der Waals surface area (Å²) in [6.07, 6.45) is -5.32. The Bertz CT molecular complexity index is 1030. The lowest BCUT2D eigenvalue weighted by Gasteiger charge is -2.46. The van der Waals surface area contributed by atoms with Gasteiger partial charge in [0, 0.05) is 37.5 Å². The van der Waals surface area contributed by atoms with Crippen LogP contribution in [-0.4, -0.2) is 154 Å². The number of primary amides is 1. The van der Waals surface area contributed by atoms with Gasteiger partial charge < -0.3 is 55.7 Å². The summed E-state index contributed by atoms with van der Waals surface area (Å²) in [4.78, 5) is 28.6. The number of carbonyl (C=O) groups is 2. The highest BCUT2D eigenvalue weighted by atomic mass is 16.7. The molecule has 0 bridgehead atoms. The smallest absolute Gasteiger partial charge is 0.311 e. The molecular formula is C35H68N4O10. The first-order valence-electron chi connectivity index (χ1n) is 18.0. The van der Waals surface area contributed by atoms with Crippen molar-refractivity contribution in [3.05, 3.63) is 0 Å². The number of carbonyl (C=O) groups excluding carboxylic acids is 2. The largest absolute Gasteiger partial charge is 0.459 e. The Morgan fingerprint density at radius 2 is 1.71 bits per heavy atom. The van der Waals surface area contributed by atoms with E-state index in [1.165, 1.54) is 13.8 Å². The average Bonchev–Trinajstić information content (AvgIpc) is 3.01. The van der Waals surface area contributed by atoms with Crippen LogP contribution in [0.15, 0.2) is 0 Å². The Kier molecular flexibility index (Phi) is 16.8. The van der Waals surface area contributed by atoms with Gasteiger partial charge in [0.2, 0.25) is 5.91 Å². The molecule has 0 saturated carbocycles. The fourth-order valence-corrected chi connectivity index (χ4v) is 7.64. The molecule has 49 heavy (non-hydrogen) atoms. The van der Waals surface area contributed by atoms with Crippen molar-refractivity contribution in [2.24, 2.45) is 23.5 Å². The van der Waals surface area contributed by atoms with Gasteiger partial charge in [-0.15, -0.1) is 0 Å². The first-order chi connectivity index (χ1) is 22.6. The predicted octanol–water partition coefficient (Wildman–Crippen LogP) is 0.201. The fraction of sp³-hybridized carbons (Fsp3) is 0.943. The molecule has 0 aromatic carbocycles. The third-order valence-corrected chi connectivity index (χ3v) is 10.6. The lowest BCUT2D eigenvalue weighted by molar-refractivity contribution is -0.299. The topological polar surface area (TPSA) is 208 Å². The third kappa shape index (κ3) is 11.8. The lowest BCUT2D eigenvalue weighted by Crippen LogP contribution is -2.59. The zero-order valence-electron chi connectivity index (χ0n) is 31.5. The molecule has 2 fully saturated rings. The molecule has 288 valence electrons. The second kappa shape index (κ2) is 18.9. The number of aliphatic hydroxyl groups excluding tert-OH is 3. The number of aliphatic hydroxyl groups is 5. The van der Waals surface area contributed by atoms with Crippen molar-refractivity contribution in [2.75, 3.05) is 40.3 Å². The number of hydrogen-bond acceptors (Lipinski definition) is 13. The van der Waals surface area contributed by atoms with Gasteiger partial charge in [-0.2, -0.15) is 0 Å². The van der Waals surface area contributed by atoms with Gasteiger partial charge in [-0.1, -0.05) is 20.8 Å². The molecule has 0 unspecified atom stereocenters. The maximum absolute atomic E-state index is 13.5. The van der Waals surface area contributed by atoms with Gasteiger partial charge in [0.25, 0.3) is 0 Å². The molecule has 2 heterocycles. The number of nitrogens with one attached hydrogen (secondary N) is 1. The molecule has 0 aliphatic carbocycles. The van der Waals surface area contributed by atoms with Crippen molar-refractivity contribution in [3.63, 3.8) is 0 Å². The van der Waals surface area contributed by atoms with E-state index in [2.05, 4.69) is 5.32 Å². The quantitative estimate of drug-likeness (QED) is 0.114. The van der Waals surface area contributed by atoms with Crippen molar-refractivity contribution in [3.8, 4) is 0 Å². The summed E-state index contributed by atoms with van der Waals surface area (Å²) in [6.45, 7) is 15.7. The molecule has 2 rings (SSSR count). The van der Waals surface area contributed by atoms with Crippen LogP contribution in [-0.2, 0) is 23.8 Å². The molecule has 8 N–H and O–H groups in total. The number of cyclic esters (lactones) is 1. The number of esters is 1. The third-order valence-electron chi connectivity index (χ3n) is 10.6. The first kappa shape index (κ1) is 43.7. The van der Waals surface area contributed by atoms with Crippen LogP contribution in [0.25, 0.3) is 0 Å². The molecule has 0 radical (unpaired) electrons. The molecule has 0 spiro atoms. The summed E-state index contributed by atoms with van der Waals surface area (Å²) in [6, 6.07) is -0.852. The fourth-order valence-electron chi connectivity index (χ4n) is 7.64. The minimum absolute atomic E-state index is 0.180. The molecule has 14 nitrogen and oxygen atoms in total. The average molecular weight is 705 g/mol. The Balaban J connectivity index is 2.51. The standard InChI is InChI=1S/C35H68N4O10/c1-11-26-35(8,46)30(43)24(6)39(16-12-14-37-15-13-27(36)40)19-20(2)18-34(7,45)31(22(4)28(41)23(5)32(44)48-26)49-33-29(42)25(38(9)10)17-21(3)47-33/h20-26,28-31,33,37,41-43,45-46H,11-19H2,1-10H3,(H2,36,40)/t20-,21-,22+,23-,24-,25+,26-,28+,29-,30-,31-,33+,34-,35-/m1/s1. The van der Waals surface area contributed by atoms with Gasteiger partial charge in [-0.3, -0.25) is 14.5 Å². The SMILES string of the molecule is CC[C@H]1OC(=O)[C@H](C)[C@@H](O)[C@H](C)[C@@H](O[C@@H]2O[C@H](C)C[C@H](N(C)C)[C@H]2O)[C@](C)(O)C[C@@H](C)CN(CCCNCCC(N)=O)[C@H](C)[C@@H](O)[C@]1(C)O.